The Kier molecular flexibility index (Phi) is 12.9. The number of Topliss-reactive ketones (excluding diaryl/α,β-unsaturated/α-hetero) is 1. The Bertz CT molecular complexity index is 962. The van der Waals surface area contributed by atoms with Crippen molar-refractivity contribution in [2.45, 2.75) is 52.0 Å². The SMILES string of the molecule is CCOC(=O)CN1CCC(CCC(=O)c2ccc3c(c2)CCN(Cc2ccccc2)CC3)CC1.Cl.Cl. The molecule has 0 N–H and O–H groups in total. The monoisotopic (exact) mass is 534 g/mol. The average molecular weight is 536 g/mol. The van der Waals surface area contributed by atoms with Gasteiger partial charge in [-0.1, -0.05) is 42.5 Å². The van der Waals surface area contributed by atoms with E-state index in [0.29, 0.717) is 25.5 Å². The van der Waals surface area contributed by atoms with E-state index in [9.17, 15) is 9.59 Å². The van der Waals surface area contributed by atoms with E-state index in [2.05, 4.69) is 52.3 Å². The van der Waals surface area contributed by atoms with Crippen molar-refractivity contribution in [1.29, 1.82) is 0 Å². The van der Waals surface area contributed by atoms with Crippen molar-refractivity contribution in [1.82, 2.24) is 9.80 Å². The summed E-state index contributed by atoms with van der Waals surface area (Å²) in [7, 11) is 0. The molecule has 2 aromatic rings. The summed E-state index contributed by atoms with van der Waals surface area (Å²) in [4.78, 5) is 29.3. The number of rotatable bonds is 9. The van der Waals surface area contributed by atoms with Gasteiger partial charge in [0.15, 0.2) is 5.78 Å². The maximum absolute atomic E-state index is 13.0. The molecule has 2 aliphatic heterocycles. The van der Waals surface area contributed by atoms with Crippen molar-refractivity contribution in [3.63, 3.8) is 0 Å². The largest absolute Gasteiger partial charge is 0.465 e. The summed E-state index contributed by atoms with van der Waals surface area (Å²) in [5.74, 6) is 0.694. The Morgan fingerprint density at radius 3 is 2.28 bits per heavy atom. The average Bonchev–Trinajstić information content (AvgIpc) is 3.06. The lowest BCUT2D eigenvalue weighted by Crippen LogP contribution is -2.38. The van der Waals surface area contributed by atoms with Crippen molar-refractivity contribution in [2.24, 2.45) is 5.92 Å². The molecule has 0 aromatic heterocycles. The minimum absolute atomic E-state index is 0. The van der Waals surface area contributed by atoms with Crippen LogP contribution in [0.1, 0.15) is 59.7 Å². The molecule has 1 saturated heterocycles. The molecule has 1 fully saturated rings. The second-order valence-corrected chi connectivity index (χ2v) is 9.73. The van der Waals surface area contributed by atoms with Crippen LogP contribution in [0.5, 0.6) is 0 Å². The highest BCUT2D eigenvalue weighted by atomic mass is 35.5. The maximum atomic E-state index is 13.0. The molecule has 4 rings (SSSR count). The Morgan fingerprint density at radius 2 is 1.58 bits per heavy atom. The zero-order chi connectivity index (χ0) is 23.8. The fourth-order valence-corrected chi connectivity index (χ4v) is 5.25. The molecular formula is C29H40Cl2N2O3. The van der Waals surface area contributed by atoms with Gasteiger partial charge in [-0.3, -0.25) is 19.4 Å². The number of ketones is 1. The lowest BCUT2D eigenvalue weighted by molar-refractivity contribution is -0.144. The summed E-state index contributed by atoms with van der Waals surface area (Å²) in [5, 5.41) is 0. The number of hydrogen-bond acceptors (Lipinski definition) is 5. The number of fused-ring (bicyclic) bond motifs is 1. The Hall–Kier alpha value is -1.92. The predicted octanol–water partition coefficient (Wildman–Crippen LogP) is 5.37. The second kappa shape index (κ2) is 15.4. The second-order valence-electron chi connectivity index (χ2n) is 9.73. The van der Waals surface area contributed by atoms with Crippen LogP contribution < -0.4 is 0 Å². The molecule has 198 valence electrons. The molecule has 0 aliphatic carbocycles. The highest BCUT2D eigenvalue weighted by Gasteiger charge is 2.22. The summed E-state index contributed by atoms with van der Waals surface area (Å²) in [6, 6.07) is 17.0. The van der Waals surface area contributed by atoms with Crippen molar-refractivity contribution in [2.75, 3.05) is 39.3 Å². The smallest absolute Gasteiger partial charge is 0.320 e. The number of piperidine rings is 1. The van der Waals surface area contributed by atoms with Gasteiger partial charge in [0.1, 0.15) is 0 Å². The third-order valence-corrected chi connectivity index (χ3v) is 7.32. The molecule has 0 spiro atoms. The number of benzene rings is 2. The molecule has 0 unspecified atom stereocenters. The Labute approximate surface area is 228 Å². The fraction of sp³-hybridized carbons (Fsp3) is 0.517. The molecule has 36 heavy (non-hydrogen) atoms. The fourth-order valence-electron chi connectivity index (χ4n) is 5.25. The number of likely N-dealkylation sites (tertiary alicyclic amines) is 1. The molecule has 0 saturated carbocycles. The zero-order valence-electron chi connectivity index (χ0n) is 21.3. The molecule has 2 aromatic carbocycles. The van der Waals surface area contributed by atoms with Crippen LogP contribution in [0.15, 0.2) is 48.5 Å². The van der Waals surface area contributed by atoms with Gasteiger partial charge in [-0.2, -0.15) is 0 Å². The molecular weight excluding hydrogens is 495 g/mol. The molecule has 2 aliphatic rings. The molecule has 0 amide bonds. The van der Waals surface area contributed by atoms with Crippen molar-refractivity contribution in [3.8, 4) is 0 Å². The van der Waals surface area contributed by atoms with E-state index in [0.717, 1.165) is 70.4 Å². The van der Waals surface area contributed by atoms with E-state index in [4.69, 9.17) is 4.74 Å². The minimum Gasteiger partial charge on any atom is -0.465 e. The highest BCUT2D eigenvalue weighted by molar-refractivity contribution is 5.96. The van der Waals surface area contributed by atoms with Gasteiger partial charge < -0.3 is 4.74 Å². The van der Waals surface area contributed by atoms with Crippen LogP contribution >= 0.6 is 24.8 Å². The molecule has 0 radical (unpaired) electrons. The Balaban J connectivity index is 0.00000228. The van der Waals surface area contributed by atoms with Crippen LogP contribution in [-0.4, -0.2) is 60.9 Å². The zero-order valence-corrected chi connectivity index (χ0v) is 23.0. The van der Waals surface area contributed by atoms with Gasteiger partial charge in [-0.15, -0.1) is 24.8 Å². The normalized spacial score (nSPS) is 16.7. The number of esters is 1. The number of carbonyl (C=O) groups excluding carboxylic acids is 2. The van der Waals surface area contributed by atoms with E-state index in [1.165, 1.54) is 16.7 Å². The van der Waals surface area contributed by atoms with Crippen LogP contribution in [0.4, 0.5) is 0 Å². The van der Waals surface area contributed by atoms with Gasteiger partial charge in [0, 0.05) is 31.6 Å². The maximum Gasteiger partial charge on any atom is 0.320 e. The number of hydrogen-bond donors (Lipinski definition) is 0. The third-order valence-electron chi connectivity index (χ3n) is 7.32. The molecule has 5 nitrogen and oxygen atoms in total. The first kappa shape index (κ1) is 30.3. The van der Waals surface area contributed by atoms with Gasteiger partial charge in [0.2, 0.25) is 0 Å². The standard InChI is InChI=1S/C29H38N2O3.2ClH/c1-2-34-29(33)22-31-16-12-23(13-17-31)8-11-28(32)27-10-9-25-14-18-30(19-15-26(25)20-27)21-24-6-4-3-5-7-24;;/h3-7,9-10,20,23H,2,8,11-19,21-22H2,1H3;2*1H. The molecule has 0 bridgehead atoms. The third kappa shape index (κ3) is 8.88. The van der Waals surface area contributed by atoms with E-state index < -0.39 is 0 Å². The number of halogens is 2. The van der Waals surface area contributed by atoms with Crippen LogP contribution in [0.25, 0.3) is 0 Å². The van der Waals surface area contributed by atoms with Crippen LogP contribution in [-0.2, 0) is 28.9 Å². The van der Waals surface area contributed by atoms with E-state index in [-0.39, 0.29) is 36.6 Å². The number of carbonyl (C=O) groups is 2. The lowest BCUT2D eigenvalue weighted by atomic mass is 9.89. The summed E-state index contributed by atoms with van der Waals surface area (Å²) in [5.41, 5.74) is 4.96. The Morgan fingerprint density at radius 1 is 0.889 bits per heavy atom. The highest BCUT2D eigenvalue weighted by Crippen LogP contribution is 2.24. The van der Waals surface area contributed by atoms with Crippen molar-refractivity contribution in [3.05, 3.63) is 70.8 Å². The summed E-state index contributed by atoms with van der Waals surface area (Å²) < 4.78 is 5.05. The van der Waals surface area contributed by atoms with Crippen molar-refractivity contribution >= 4 is 36.6 Å². The van der Waals surface area contributed by atoms with Gasteiger partial charge in [-0.25, -0.2) is 0 Å². The van der Waals surface area contributed by atoms with E-state index in [1.807, 2.05) is 13.0 Å². The van der Waals surface area contributed by atoms with Gasteiger partial charge in [0.25, 0.3) is 0 Å². The first-order valence-corrected chi connectivity index (χ1v) is 12.9. The van der Waals surface area contributed by atoms with Crippen LogP contribution in [0, 0.1) is 5.92 Å². The summed E-state index contributed by atoms with van der Waals surface area (Å²) >= 11 is 0. The van der Waals surface area contributed by atoms with Crippen molar-refractivity contribution < 1.29 is 14.3 Å². The lowest BCUT2D eigenvalue weighted by Gasteiger charge is -2.31. The topological polar surface area (TPSA) is 49.9 Å². The number of ether oxygens (including phenoxy) is 1. The quantitative estimate of drug-likeness (QED) is 0.319. The van der Waals surface area contributed by atoms with Crippen LogP contribution in [0.3, 0.4) is 0 Å². The van der Waals surface area contributed by atoms with Gasteiger partial charge >= 0.3 is 5.97 Å². The summed E-state index contributed by atoms with van der Waals surface area (Å²) in [6.45, 7) is 7.56. The first-order valence-electron chi connectivity index (χ1n) is 12.9. The van der Waals surface area contributed by atoms with E-state index >= 15 is 0 Å². The van der Waals surface area contributed by atoms with E-state index in [1.54, 1.807) is 0 Å². The first-order chi connectivity index (χ1) is 16.6. The predicted molar refractivity (Wildman–Crippen MR) is 149 cm³/mol. The van der Waals surface area contributed by atoms with Gasteiger partial charge in [-0.05, 0) is 80.8 Å². The van der Waals surface area contributed by atoms with Gasteiger partial charge in [0.05, 0.1) is 13.2 Å². The molecule has 2 heterocycles. The van der Waals surface area contributed by atoms with Crippen LogP contribution in [0.2, 0.25) is 0 Å². The minimum atomic E-state index is -0.137. The summed E-state index contributed by atoms with van der Waals surface area (Å²) in [6.07, 6.45) is 5.70. The molecule has 7 heteroatoms. The number of nitrogens with zero attached hydrogens (tertiary/aromatic N) is 2. The molecule has 0 atom stereocenters.